The molecule has 0 saturated carbocycles. The minimum atomic E-state index is -0.00831. The lowest BCUT2D eigenvalue weighted by atomic mass is 10.3. The number of hydrogen-bond donors (Lipinski definition) is 1. The fourth-order valence-corrected chi connectivity index (χ4v) is 3.77. The first kappa shape index (κ1) is 17.8. The highest BCUT2D eigenvalue weighted by Crippen LogP contribution is 2.18. The van der Waals surface area contributed by atoms with Crippen LogP contribution >= 0.6 is 11.3 Å². The fraction of sp³-hybridized carbons (Fsp3) is 0.529. The Morgan fingerprint density at radius 3 is 2.60 bits per heavy atom. The summed E-state index contributed by atoms with van der Waals surface area (Å²) >= 11 is 1.49. The maximum Gasteiger partial charge on any atom is 0.263 e. The average Bonchev–Trinajstić information content (AvgIpc) is 3.04. The Balaban J connectivity index is 1.41. The first-order valence-corrected chi connectivity index (χ1v) is 9.48. The summed E-state index contributed by atoms with van der Waals surface area (Å²) in [7, 11) is 0. The number of carbonyl (C=O) groups is 1. The van der Waals surface area contributed by atoms with Gasteiger partial charge in [0.2, 0.25) is 5.95 Å². The summed E-state index contributed by atoms with van der Waals surface area (Å²) in [6.07, 6.45) is 4.42. The Hall–Kier alpha value is -2.06. The second-order valence-electron chi connectivity index (χ2n) is 6.01. The highest BCUT2D eigenvalue weighted by atomic mass is 32.1. The van der Waals surface area contributed by atoms with E-state index in [0.29, 0.717) is 6.54 Å². The van der Waals surface area contributed by atoms with Gasteiger partial charge in [-0.2, -0.15) is 0 Å². The number of anilines is 1. The number of hydrogen-bond acceptors (Lipinski definition) is 7. The lowest BCUT2D eigenvalue weighted by Crippen LogP contribution is -2.49. The predicted octanol–water partition coefficient (Wildman–Crippen LogP) is 1.36. The van der Waals surface area contributed by atoms with Gasteiger partial charge in [-0.1, -0.05) is 6.92 Å². The van der Waals surface area contributed by atoms with Gasteiger partial charge in [0.05, 0.1) is 10.7 Å². The molecule has 1 fully saturated rings. The molecule has 8 heteroatoms. The zero-order valence-corrected chi connectivity index (χ0v) is 15.6. The Labute approximate surface area is 152 Å². The number of carbonyl (C=O) groups excluding carboxylic acids is 1. The molecule has 0 bridgehead atoms. The lowest BCUT2D eigenvalue weighted by molar-refractivity contribution is 0.0951. The van der Waals surface area contributed by atoms with Crippen molar-refractivity contribution >= 4 is 23.2 Å². The molecule has 25 heavy (non-hydrogen) atoms. The van der Waals surface area contributed by atoms with Crippen LogP contribution in [0.2, 0.25) is 0 Å². The van der Waals surface area contributed by atoms with Gasteiger partial charge in [0, 0.05) is 51.7 Å². The predicted molar refractivity (Wildman–Crippen MR) is 99.2 cm³/mol. The highest BCUT2D eigenvalue weighted by Gasteiger charge is 2.19. The van der Waals surface area contributed by atoms with Crippen molar-refractivity contribution in [1.29, 1.82) is 0 Å². The number of aryl methyl sites for hydroxylation is 2. The molecule has 134 valence electrons. The zero-order chi connectivity index (χ0) is 17.6. The molecule has 1 saturated heterocycles. The van der Waals surface area contributed by atoms with Crippen molar-refractivity contribution < 1.29 is 4.79 Å². The molecule has 7 nitrogen and oxygen atoms in total. The van der Waals surface area contributed by atoms with Crippen LogP contribution < -0.4 is 10.2 Å². The highest BCUT2D eigenvalue weighted by molar-refractivity contribution is 7.13. The van der Waals surface area contributed by atoms with E-state index in [0.717, 1.165) is 60.7 Å². The van der Waals surface area contributed by atoms with Crippen LogP contribution in [0.25, 0.3) is 0 Å². The Morgan fingerprint density at radius 1 is 1.24 bits per heavy atom. The summed E-state index contributed by atoms with van der Waals surface area (Å²) < 4.78 is 0. The summed E-state index contributed by atoms with van der Waals surface area (Å²) in [6, 6.07) is 1.83. The van der Waals surface area contributed by atoms with Gasteiger partial charge in [-0.05, 0) is 19.4 Å². The van der Waals surface area contributed by atoms with Gasteiger partial charge >= 0.3 is 0 Å². The quantitative estimate of drug-likeness (QED) is 0.838. The van der Waals surface area contributed by atoms with E-state index in [1.807, 2.05) is 13.0 Å². The first-order chi connectivity index (χ1) is 12.2. The summed E-state index contributed by atoms with van der Waals surface area (Å²) in [4.78, 5) is 30.6. The molecule has 1 aliphatic heterocycles. The molecule has 0 radical (unpaired) electrons. The van der Waals surface area contributed by atoms with Crippen molar-refractivity contribution in [3.8, 4) is 0 Å². The monoisotopic (exact) mass is 360 g/mol. The van der Waals surface area contributed by atoms with Crippen LogP contribution in [-0.4, -0.2) is 65.0 Å². The van der Waals surface area contributed by atoms with E-state index in [2.05, 4.69) is 37.0 Å². The average molecular weight is 360 g/mol. The molecule has 0 aliphatic carbocycles. The van der Waals surface area contributed by atoms with Crippen molar-refractivity contribution in [2.75, 3.05) is 44.2 Å². The maximum atomic E-state index is 12.3. The molecule has 2 aromatic rings. The van der Waals surface area contributed by atoms with Crippen LogP contribution in [0.5, 0.6) is 0 Å². The Bertz CT molecular complexity index is 696. The van der Waals surface area contributed by atoms with Crippen LogP contribution in [-0.2, 0) is 6.42 Å². The number of amides is 1. The van der Waals surface area contributed by atoms with Crippen LogP contribution in [0.15, 0.2) is 18.5 Å². The number of aromatic nitrogens is 3. The van der Waals surface area contributed by atoms with Crippen molar-refractivity contribution in [3.63, 3.8) is 0 Å². The van der Waals surface area contributed by atoms with Crippen LogP contribution in [0.1, 0.15) is 27.3 Å². The van der Waals surface area contributed by atoms with Crippen molar-refractivity contribution in [2.45, 2.75) is 20.3 Å². The van der Waals surface area contributed by atoms with Crippen molar-refractivity contribution in [2.24, 2.45) is 0 Å². The molecule has 0 spiro atoms. The number of rotatable bonds is 6. The summed E-state index contributed by atoms with van der Waals surface area (Å²) in [6.45, 7) is 9.18. The molecule has 0 atom stereocenters. The Morgan fingerprint density at radius 2 is 1.96 bits per heavy atom. The molecule has 1 N–H and O–H groups in total. The van der Waals surface area contributed by atoms with Gasteiger partial charge in [0.1, 0.15) is 4.88 Å². The molecule has 1 aliphatic rings. The van der Waals surface area contributed by atoms with E-state index in [-0.39, 0.29) is 5.91 Å². The van der Waals surface area contributed by atoms with Gasteiger partial charge in [-0.3, -0.25) is 9.69 Å². The second-order valence-corrected chi connectivity index (χ2v) is 7.09. The van der Waals surface area contributed by atoms with E-state index < -0.39 is 0 Å². The molecule has 3 heterocycles. The topological polar surface area (TPSA) is 74.2 Å². The van der Waals surface area contributed by atoms with Gasteiger partial charge in [0.15, 0.2) is 0 Å². The van der Waals surface area contributed by atoms with Gasteiger partial charge < -0.3 is 10.2 Å². The number of nitrogens with one attached hydrogen (secondary N) is 1. The number of thiazole rings is 1. The summed E-state index contributed by atoms with van der Waals surface area (Å²) in [5.74, 6) is 0.786. The molecular weight excluding hydrogens is 336 g/mol. The van der Waals surface area contributed by atoms with Crippen molar-refractivity contribution in [3.05, 3.63) is 34.0 Å². The molecular formula is C17H24N6OS. The minimum Gasteiger partial charge on any atom is -0.350 e. The zero-order valence-electron chi connectivity index (χ0n) is 14.7. The van der Waals surface area contributed by atoms with Crippen LogP contribution in [0.4, 0.5) is 5.95 Å². The number of piperazine rings is 1. The maximum absolute atomic E-state index is 12.3. The normalized spacial score (nSPS) is 15.4. The van der Waals surface area contributed by atoms with E-state index >= 15 is 0 Å². The van der Waals surface area contributed by atoms with Crippen LogP contribution in [0.3, 0.4) is 0 Å². The van der Waals surface area contributed by atoms with E-state index in [4.69, 9.17) is 0 Å². The number of nitrogens with zero attached hydrogens (tertiary/aromatic N) is 5. The fourth-order valence-electron chi connectivity index (χ4n) is 2.85. The van der Waals surface area contributed by atoms with Gasteiger partial charge in [-0.25, -0.2) is 15.0 Å². The summed E-state index contributed by atoms with van der Waals surface area (Å²) in [5.41, 5.74) is 0.829. The standard InChI is InChI=1S/C17H24N6OS/c1-3-14-21-13(2)15(25-14)16(24)18-7-8-22-9-11-23(12-10-22)17-19-5-4-6-20-17/h4-6H,3,7-12H2,1-2H3,(H,18,24). The molecule has 1 amide bonds. The van der Waals surface area contributed by atoms with E-state index in [1.54, 1.807) is 12.4 Å². The van der Waals surface area contributed by atoms with E-state index in [1.165, 1.54) is 11.3 Å². The van der Waals surface area contributed by atoms with E-state index in [9.17, 15) is 4.79 Å². The first-order valence-electron chi connectivity index (χ1n) is 8.66. The van der Waals surface area contributed by atoms with Crippen LogP contribution in [0, 0.1) is 6.92 Å². The lowest BCUT2D eigenvalue weighted by Gasteiger charge is -2.34. The molecule has 2 aromatic heterocycles. The minimum absolute atomic E-state index is 0.00831. The smallest absolute Gasteiger partial charge is 0.263 e. The molecule has 3 rings (SSSR count). The largest absolute Gasteiger partial charge is 0.350 e. The molecule has 0 unspecified atom stereocenters. The summed E-state index contributed by atoms with van der Waals surface area (Å²) in [5, 5.41) is 4.03. The third-order valence-electron chi connectivity index (χ3n) is 4.27. The van der Waals surface area contributed by atoms with Gasteiger partial charge in [-0.15, -0.1) is 11.3 Å². The SMILES string of the molecule is CCc1nc(C)c(C(=O)NCCN2CCN(c3ncccn3)CC2)s1. The van der Waals surface area contributed by atoms with Gasteiger partial charge in [0.25, 0.3) is 5.91 Å². The van der Waals surface area contributed by atoms with Crippen molar-refractivity contribution in [1.82, 2.24) is 25.2 Å². The third-order valence-corrected chi connectivity index (χ3v) is 5.57. The second kappa shape index (κ2) is 8.35. The third kappa shape index (κ3) is 4.52. The molecule has 0 aromatic carbocycles. The Kier molecular flexibility index (Phi) is 5.93.